The van der Waals surface area contributed by atoms with E-state index in [1.165, 1.54) is 10.4 Å². The van der Waals surface area contributed by atoms with Gasteiger partial charge in [-0.2, -0.15) is 17.5 Å². The van der Waals surface area contributed by atoms with E-state index in [4.69, 9.17) is 9.26 Å². The van der Waals surface area contributed by atoms with Crippen LogP contribution in [0.5, 0.6) is 5.88 Å². The molecule has 0 bridgehead atoms. The predicted octanol–water partition coefficient (Wildman–Crippen LogP) is 3.40. The van der Waals surface area contributed by atoms with Gasteiger partial charge in [-0.15, -0.1) is 0 Å². The second kappa shape index (κ2) is 9.22. The Morgan fingerprint density at radius 2 is 1.73 bits per heavy atom. The average Bonchev–Trinajstić information content (AvgIpc) is 3.13. The van der Waals surface area contributed by atoms with E-state index in [0.717, 1.165) is 51.0 Å². The second-order valence-electron chi connectivity index (χ2n) is 8.52. The number of sulfonamides is 1. The van der Waals surface area contributed by atoms with Crippen LogP contribution in [0.1, 0.15) is 42.7 Å². The van der Waals surface area contributed by atoms with Crippen LogP contribution >= 0.6 is 0 Å². The molecule has 2 aromatic heterocycles. The molecule has 2 saturated heterocycles. The largest absolute Gasteiger partial charge is 0.474 e. The number of hydrogen-bond acceptors (Lipinski definition) is 7. The zero-order chi connectivity index (χ0) is 23.8. The maximum absolute atomic E-state index is 13.0. The lowest BCUT2D eigenvalue weighted by Gasteiger charge is -2.41. The average molecular weight is 489 g/mol. The molecule has 2 aliphatic rings. The number of hydrogen-bond donors (Lipinski definition) is 0. The maximum Gasteiger partial charge on any atom is 0.417 e. The molecule has 4 heterocycles. The van der Waals surface area contributed by atoms with Crippen LogP contribution in [0.4, 0.5) is 13.2 Å². The van der Waals surface area contributed by atoms with Gasteiger partial charge in [0.2, 0.25) is 15.9 Å². The van der Waals surface area contributed by atoms with Gasteiger partial charge in [-0.25, -0.2) is 13.4 Å². The van der Waals surface area contributed by atoms with E-state index in [2.05, 4.69) is 15.0 Å². The van der Waals surface area contributed by atoms with Gasteiger partial charge in [0, 0.05) is 44.5 Å². The molecule has 2 aliphatic heterocycles. The van der Waals surface area contributed by atoms with Crippen molar-refractivity contribution in [2.75, 3.05) is 26.2 Å². The number of aryl methyl sites for hydroxylation is 2. The van der Waals surface area contributed by atoms with Gasteiger partial charge in [0.05, 0.1) is 5.56 Å². The highest BCUT2D eigenvalue weighted by Gasteiger charge is 2.36. The lowest BCUT2D eigenvalue weighted by Crippen LogP contribution is -2.50. The van der Waals surface area contributed by atoms with Gasteiger partial charge in [0.15, 0.2) is 5.76 Å². The third-order valence-corrected chi connectivity index (χ3v) is 8.48. The minimum atomic E-state index is -4.42. The highest BCUT2D eigenvalue weighted by Crippen LogP contribution is 2.31. The van der Waals surface area contributed by atoms with Crippen LogP contribution in [-0.2, 0) is 16.2 Å². The number of piperidine rings is 2. The maximum atomic E-state index is 13.0. The van der Waals surface area contributed by atoms with Gasteiger partial charge >= 0.3 is 6.18 Å². The summed E-state index contributed by atoms with van der Waals surface area (Å²) in [7, 11) is -3.63. The first-order chi connectivity index (χ1) is 15.6. The number of alkyl halides is 3. The van der Waals surface area contributed by atoms with Crippen LogP contribution in [0.15, 0.2) is 27.7 Å². The minimum absolute atomic E-state index is 0.106. The lowest BCUT2D eigenvalue weighted by molar-refractivity contribution is -0.137. The molecule has 0 unspecified atom stereocenters. The molecule has 2 aromatic rings. The molecule has 0 aromatic carbocycles. The molecule has 0 amide bonds. The molecular weight excluding hydrogens is 461 g/mol. The first-order valence-corrected chi connectivity index (χ1v) is 12.4. The first kappa shape index (κ1) is 24.0. The number of ether oxygens (including phenoxy) is 1. The standard InChI is InChI=1S/C21H27F3N4O4S/c1-14-20(15(2)32-26-14)33(29,30)28-11-5-17(6-12-28)27-9-7-18(8-10-27)31-19-4-3-16(13-25-19)21(22,23)24/h3-4,13,17-18H,5-12H2,1-2H3. The first-order valence-electron chi connectivity index (χ1n) is 10.9. The molecular formula is C21H27F3N4O4S. The Balaban J connectivity index is 1.27. The molecule has 0 N–H and O–H groups in total. The van der Waals surface area contributed by atoms with Crippen molar-refractivity contribution in [2.45, 2.75) is 62.7 Å². The zero-order valence-electron chi connectivity index (χ0n) is 18.5. The Hall–Kier alpha value is -2.18. The molecule has 2 fully saturated rings. The molecule has 4 rings (SSSR count). The molecule has 0 radical (unpaired) electrons. The number of nitrogens with zero attached hydrogens (tertiary/aromatic N) is 4. The molecule has 33 heavy (non-hydrogen) atoms. The van der Waals surface area contributed by atoms with E-state index in [-0.39, 0.29) is 22.9 Å². The third kappa shape index (κ3) is 5.17. The van der Waals surface area contributed by atoms with Crippen LogP contribution in [0.3, 0.4) is 0 Å². The van der Waals surface area contributed by atoms with Gasteiger partial charge in [0.1, 0.15) is 16.7 Å². The third-order valence-electron chi connectivity index (χ3n) is 6.33. The molecule has 8 nitrogen and oxygen atoms in total. The Bertz CT molecular complexity index is 1040. The molecule has 0 aliphatic carbocycles. The van der Waals surface area contributed by atoms with E-state index in [1.807, 2.05) is 0 Å². The number of rotatable bonds is 5. The summed E-state index contributed by atoms with van der Waals surface area (Å²) in [6.45, 7) is 5.67. The summed E-state index contributed by atoms with van der Waals surface area (Å²) in [4.78, 5) is 6.29. The lowest BCUT2D eigenvalue weighted by atomic mass is 10.00. The zero-order valence-corrected chi connectivity index (χ0v) is 19.3. The molecule has 182 valence electrons. The van der Waals surface area contributed by atoms with Gasteiger partial charge in [-0.05, 0) is 45.6 Å². The Morgan fingerprint density at radius 3 is 2.24 bits per heavy atom. The van der Waals surface area contributed by atoms with Crippen LogP contribution in [0.25, 0.3) is 0 Å². The van der Waals surface area contributed by atoms with E-state index in [0.29, 0.717) is 24.5 Å². The van der Waals surface area contributed by atoms with Crippen molar-refractivity contribution in [2.24, 2.45) is 0 Å². The second-order valence-corrected chi connectivity index (χ2v) is 10.4. The summed E-state index contributed by atoms with van der Waals surface area (Å²) in [6.07, 6.45) is -0.803. The van der Waals surface area contributed by atoms with Crippen molar-refractivity contribution in [3.05, 3.63) is 35.3 Å². The monoisotopic (exact) mass is 488 g/mol. The summed E-state index contributed by atoms with van der Waals surface area (Å²) < 4.78 is 76.3. The fourth-order valence-corrected chi connectivity index (χ4v) is 6.33. The fourth-order valence-electron chi connectivity index (χ4n) is 4.57. The molecule has 0 spiro atoms. The SMILES string of the molecule is Cc1noc(C)c1S(=O)(=O)N1CCC(N2CCC(Oc3ccc(C(F)(F)F)cn3)CC2)CC1. The molecule has 0 atom stereocenters. The van der Waals surface area contributed by atoms with Crippen LogP contribution < -0.4 is 4.74 Å². The van der Waals surface area contributed by atoms with E-state index in [1.54, 1.807) is 13.8 Å². The van der Waals surface area contributed by atoms with Gasteiger partial charge in [-0.1, -0.05) is 5.16 Å². The van der Waals surface area contributed by atoms with Crippen molar-refractivity contribution in [1.82, 2.24) is 19.3 Å². The Kier molecular flexibility index (Phi) is 6.70. The van der Waals surface area contributed by atoms with Crippen molar-refractivity contribution >= 4 is 10.0 Å². The van der Waals surface area contributed by atoms with Crippen LogP contribution in [0.2, 0.25) is 0 Å². The molecule has 0 saturated carbocycles. The normalized spacial score (nSPS) is 20.3. The summed E-state index contributed by atoms with van der Waals surface area (Å²) >= 11 is 0. The number of aromatic nitrogens is 2. The van der Waals surface area contributed by atoms with E-state index in [9.17, 15) is 21.6 Å². The smallest absolute Gasteiger partial charge is 0.417 e. The van der Waals surface area contributed by atoms with Crippen LogP contribution in [-0.4, -0.2) is 66.1 Å². The van der Waals surface area contributed by atoms with Crippen molar-refractivity contribution in [1.29, 1.82) is 0 Å². The Labute approximate surface area is 190 Å². The highest BCUT2D eigenvalue weighted by atomic mass is 32.2. The summed E-state index contributed by atoms with van der Waals surface area (Å²) in [5, 5.41) is 3.76. The topological polar surface area (TPSA) is 88.8 Å². The van der Waals surface area contributed by atoms with Gasteiger partial charge in [0.25, 0.3) is 0 Å². The van der Waals surface area contributed by atoms with Gasteiger partial charge in [-0.3, -0.25) is 0 Å². The van der Waals surface area contributed by atoms with Crippen molar-refractivity contribution in [3.63, 3.8) is 0 Å². The Morgan fingerprint density at radius 1 is 1.06 bits per heavy atom. The van der Waals surface area contributed by atoms with Gasteiger partial charge < -0.3 is 14.2 Å². The van der Waals surface area contributed by atoms with E-state index < -0.39 is 21.8 Å². The number of likely N-dealkylation sites (tertiary alicyclic amines) is 1. The number of halogens is 3. The van der Waals surface area contributed by atoms with Crippen molar-refractivity contribution < 1.29 is 30.8 Å². The van der Waals surface area contributed by atoms with Crippen molar-refractivity contribution in [3.8, 4) is 5.88 Å². The molecule has 12 heteroatoms. The number of pyridine rings is 1. The van der Waals surface area contributed by atoms with Crippen LogP contribution in [0, 0.1) is 13.8 Å². The highest BCUT2D eigenvalue weighted by molar-refractivity contribution is 7.89. The quantitative estimate of drug-likeness (QED) is 0.637. The van der Waals surface area contributed by atoms with E-state index >= 15 is 0 Å². The predicted molar refractivity (Wildman–Crippen MR) is 112 cm³/mol. The summed E-state index contributed by atoms with van der Waals surface area (Å²) in [5.74, 6) is 0.499. The minimum Gasteiger partial charge on any atom is -0.474 e. The fraction of sp³-hybridized carbons (Fsp3) is 0.619. The summed E-state index contributed by atoms with van der Waals surface area (Å²) in [6, 6.07) is 2.51. The summed E-state index contributed by atoms with van der Waals surface area (Å²) in [5.41, 5.74) is -0.424.